The SMILES string of the molecule is Cc1cc(C)cc(C(=O)N[C@H](CCS(=O)(=O)c2ccccc2)C(N)=O)c1. The lowest BCUT2D eigenvalue weighted by atomic mass is 10.1. The number of amides is 2. The maximum Gasteiger partial charge on any atom is 0.251 e. The zero-order valence-electron chi connectivity index (χ0n) is 14.7. The fourth-order valence-electron chi connectivity index (χ4n) is 2.65. The lowest BCUT2D eigenvalue weighted by Crippen LogP contribution is -2.45. The van der Waals surface area contributed by atoms with Gasteiger partial charge in [-0.3, -0.25) is 9.59 Å². The van der Waals surface area contributed by atoms with Crippen molar-refractivity contribution in [3.05, 3.63) is 65.2 Å². The van der Waals surface area contributed by atoms with Gasteiger partial charge < -0.3 is 11.1 Å². The van der Waals surface area contributed by atoms with Gasteiger partial charge in [-0.1, -0.05) is 35.4 Å². The number of primary amides is 1. The highest BCUT2D eigenvalue weighted by molar-refractivity contribution is 7.91. The highest BCUT2D eigenvalue weighted by Gasteiger charge is 2.23. The summed E-state index contributed by atoms with van der Waals surface area (Å²) in [5, 5.41) is 2.53. The molecule has 6 nitrogen and oxygen atoms in total. The summed E-state index contributed by atoms with van der Waals surface area (Å²) in [5.74, 6) is -1.53. The summed E-state index contributed by atoms with van der Waals surface area (Å²) in [6.07, 6.45) is -0.0941. The van der Waals surface area contributed by atoms with Crippen molar-refractivity contribution in [2.45, 2.75) is 31.2 Å². The Morgan fingerprint density at radius 1 is 1.04 bits per heavy atom. The Bertz CT molecular complexity index is 888. The molecule has 138 valence electrons. The lowest BCUT2D eigenvalue weighted by molar-refractivity contribution is -0.119. The minimum atomic E-state index is -3.56. The second-order valence-corrected chi connectivity index (χ2v) is 8.33. The van der Waals surface area contributed by atoms with Crippen molar-refractivity contribution in [2.24, 2.45) is 5.73 Å². The van der Waals surface area contributed by atoms with E-state index in [4.69, 9.17) is 5.73 Å². The van der Waals surface area contributed by atoms with E-state index in [-0.39, 0.29) is 17.1 Å². The van der Waals surface area contributed by atoms with Crippen molar-refractivity contribution in [3.63, 3.8) is 0 Å². The second-order valence-electron chi connectivity index (χ2n) is 6.23. The van der Waals surface area contributed by atoms with E-state index < -0.39 is 27.7 Å². The van der Waals surface area contributed by atoms with E-state index in [9.17, 15) is 18.0 Å². The van der Waals surface area contributed by atoms with Gasteiger partial charge in [0.05, 0.1) is 10.6 Å². The van der Waals surface area contributed by atoms with Crippen LogP contribution in [0.3, 0.4) is 0 Å². The zero-order chi connectivity index (χ0) is 19.3. The summed E-state index contributed by atoms with van der Waals surface area (Å²) in [6, 6.07) is 12.2. The number of carbonyl (C=O) groups excluding carboxylic acids is 2. The van der Waals surface area contributed by atoms with E-state index >= 15 is 0 Å². The Morgan fingerprint density at radius 2 is 1.62 bits per heavy atom. The molecule has 0 aliphatic rings. The number of sulfone groups is 1. The molecule has 2 rings (SSSR count). The van der Waals surface area contributed by atoms with Crippen LogP contribution in [-0.2, 0) is 14.6 Å². The molecule has 0 aliphatic carbocycles. The van der Waals surface area contributed by atoms with Crippen molar-refractivity contribution in [2.75, 3.05) is 5.75 Å². The van der Waals surface area contributed by atoms with Gasteiger partial charge >= 0.3 is 0 Å². The zero-order valence-corrected chi connectivity index (χ0v) is 15.5. The quantitative estimate of drug-likeness (QED) is 0.770. The van der Waals surface area contributed by atoms with Crippen molar-refractivity contribution < 1.29 is 18.0 Å². The van der Waals surface area contributed by atoms with Gasteiger partial charge in [0.1, 0.15) is 6.04 Å². The van der Waals surface area contributed by atoms with E-state index in [0.717, 1.165) is 11.1 Å². The first-order chi connectivity index (χ1) is 12.2. The number of benzene rings is 2. The molecule has 0 saturated carbocycles. The summed E-state index contributed by atoms with van der Waals surface area (Å²) in [4.78, 5) is 24.2. The van der Waals surface area contributed by atoms with Gasteiger partial charge in [-0.25, -0.2) is 8.42 Å². The average Bonchev–Trinajstić information content (AvgIpc) is 2.58. The van der Waals surface area contributed by atoms with Gasteiger partial charge in [0.25, 0.3) is 5.91 Å². The molecular formula is C19H22N2O4S. The van der Waals surface area contributed by atoms with Crippen molar-refractivity contribution in [3.8, 4) is 0 Å². The van der Waals surface area contributed by atoms with E-state index in [1.54, 1.807) is 30.3 Å². The molecule has 0 heterocycles. The number of aryl methyl sites for hydroxylation is 2. The molecule has 0 fully saturated rings. The van der Waals surface area contributed by atoms with E-state index in [1.165, 1.54) is 12.1 Å². The number of nitrogens with two attached hydrogens (primary N) is 1. The number of nitrogens with one attached hydrogen (secondary N) is 1. The molecule has 3 N–H and O–H groups in total. The minimum Gasteiger partial charge on any atom is -0.368 e. The fourth-order valence-corrected chi connectivity index (χ4v) is 4.01. The topological polar surface area (TPSA) is 106 Å². The monoisotopic (exact) mass is 374 g/mol. The molecule has 0 saturated heterocycles. The summed E-state index contributed by atoms with van der Waals surface area (Å²) in [7, 11) is -3.56. The first kappa shape index (κ1) is 19.7. The van der Waals surface area contributed by atoms with Crippen LogP contribution in [0.4, 0.5) is 0 Å². The van der Waals surface area contributed by atoms with Crippen LogP contribution in [0.2, 0.25) is 0 Å². The second kappa shape index (κ2) is 8.14. The van der Waals surface area contributed by atoms with Crippen LogP contribution in [0.1, 0.15) is 27.9 Å². The van der Waals surface area contributed by atoms with Crippen LogP contribution >= 0.6 is 0 Å². The summed E-state index contributed by atoms with van der Waals surface area (Å²) in [5.41, 5.74) is 7.57. The van der Waals surface area contributed by atoms with Crippen LogP contribution in [-0.4, -0.2) is 32.0 Å². The van der Waals surface area contributed by atoms with Gasteiger partial charge in [0, 0.05) is 5.56 Å². The predicted octanol–water partition coefficient (Wildman–Crippen LogP) is 1.75. The molecule has 26 heavy (non-hydrogen) atoms. The molecular weight excluding hydrogens is 352 g/mol. The third kappa shape index (κ3) is 5.16. The third-order valence-corrected chi connectivity index (χ3v) is 5.67. The smallest absolute Gasteiger partial charge is 0.251 e. The molecule has 1 atom stereocenters. The Labute approximate surface area is 153 Å². The van der Waals surface area contributed by atoms with Crippen molar-refractivity contribution in [1.29, 1.82) is 0 Å². The Kier molecular flexibility index (Phi) is 6.15. The predicted molar refractivity (Wildman–Crippen MR) is 99.5 cm³/mol. The number of rotatable bonds is 7. The standard InChI is InChI=1S/C19H22N2O4S/c1-13-10-14(2)12-15(11-13)19(23)21-17(18(20)22)8-9-26(24,25)16-6-4-3-5-7-16/h3-7,10-12,17H,8-9H2,1-2H3,(H2,20,22)(H,21,23)/t17-/m1/s1. The molecule has 0 radical (unpaired) electrons. The molecule has 2 aromatic rings. The van der Waals surface area contributed by atoms with E-state index in [0.29, 0.717) is 5.56 Å². The van der Waals surface area contributed by atoms with Crippen LogP contribution in [0.5, 0.6) is 0 Å². The number of hydrogen-bond acceptors (Lipinski definition) is 4. The lowest BCUT2D eigenvalue weighted by Gasteiger charge is -2.16. The molecule has 0 spiro atoms. The molecule has 0 aromatic heterocycles. The number of hydrogen-bond donors (Lipinski definition) is 2. The third-order valence-electron chi connectivity index (χ3n) is 3.91. The highest BCUT2D eigenvalue weighted by Crippen LogP contribution is 2.13. The summed E-state index contributed by atoms with van der Waals surface area (Å²) < 4.78 is 24.7. The first-order valence-corrected chi connectivity index (χ1v) is 9.80. The maximum absolute atomic E-state index is 12.4. The molecule has 0 aliphatic heterocycles. The summed E-state index contributed by atoms with van der Waals surface area (Å²) >= 11 is 0. The highest BCUT2D eigenvalue weighted by atomic mass is 32.2. The van der Waals surface area contributed by atoms with E-state index in [1.807, 2.05) is 19.9 Å². The molecule has 2 amide bonds. The largest absolute Gasteiger partial charge is 0.368 e. The van der Waals surface area contributed by atoms with E-state index in [2.05, 4.69) is 5.32 Å². The van der Waals surface area contributed by atoms with Gasteiger partial charge in [-0.15, -0.1) is 0 Å². The van der Waals surface area contributed by atoms with Crippen LogP contribution in [0.25, 0.3) is 0 Å². The van der Waals surface area contributed by atoms with Crippen molar-refractivity contribution in [1.82, 2.24) is 5.32 Å². The minimum absolute atomic E-state index is 0.0941. The molecule has 7 heteroatoms. The Hall–Kier alpha value is -2.67. The molecule has 2 aromatic carbocycles. The van der Waals surface area contributed by atoms with Gasteiger partial charge in [-0.05, 0) is 44.5 Å². The van der Waals surface area contributed by atoms with Crippen LogP contribution in [0.15, 0.2) is 53.4 Å². The Balaban J connectivity index is 2.09. The van der Waals surface area contributed by atoms with Gasteiger partial charge in [-0.2, -0.15) is 0 Å². The molecule has 0 bridgehead atoms. The van der Waals surface area contributed by atoms with Gasteiger partial charge in [0.2, 0.25) is 5.91 Å². The van der Waals surface area contributed by atoms with Crippen molar-refractivity contribution >= 4 is 21.7 Å². The Morgan fingerprint density at radius 3 is 2.15 bits per heavy atom. The fraction of sp³-hybridized carbons (Fsp3) is 0.263. The normalized spacial score (nSPS) is 12.4. The number of carbonyl (C=O) groups is 2. The first-order valence-electron chi connectivity index (χ1n) is 8.15. The maximum atomic E-state index is 12.4. The van der Waals surface area contributed by atoms with Crippen LogP contribution in [0, 0.1) is 13.8 Å². The average molecular weight is 374 g/mol. The van der Waals surface area contributed by atoms with Gasteiger partial charge in [0.15, 0.2) is 9.84 Å². The molecule has 0 unspecified atom stereocenters. The van der Waals surface area contributed by atoms with Crippen LogP contribution < -0.4 is 11.1 Å². The summed E-state index contributed by atoms with van der Waals surface area (Å²) in [6.45, 7) is 3.73.